The lowest BCUT2D eigenvalue weighted by atomic mass is 10.2. The molecule has 2 rings (SSSR count). The van der Waals surface area contributed by atoms with Gasteiger partial charge >= 0.3 is 0 Å². The van der Waals surface area contributed by atoms with Crippen LogP contribution in [0.1, 0.15) is 5.56 Å². The molecule has 2 aromatic rings. The van der Waals surface area contributed by atoms with Crippen molar-refractivity contribution in [3.8, 4) is 5.75 Å². The lowest BCUT2D eigenvalue weighted by Gasteiger charge is -2.07. The van der Waals surface area contributed by atoms with E-state index < -0.39 is 0 Å². The average Bonchev–Trinajstić information content (AvgIpc) is 2.47. The van der Waals surface area contributed by atoms with E-state index in [9.17, 15) is 0 Å². The Kier molecular flexibility index (Phi) is 5.58. The van der Waals surface area contributed by atoms with E-state index in [0.717, 1.165) is 11.3 Å². The van der Waals surface area contributed by atoms with Crippen LogP contribution in [0.25, 0.3) is 0 Å². The number of rotatable bonds is 7. The average molecular weight is 294 g/mol. The Bertz CT molecular complexity index is 551. The van der Waals surface area contributed by atoms with Crippen LogP contribution < -0.4 is 10.1 Å². The summed E-state index contributed by atoms with van der Waals surface area (Å²) in [5.74, 6) is 1.47. The maximum Gasteiger partial charge on any atom is 0.149 e. The number of anilines is 1. The Morgan fingerprint density at radius 2 is 2.20 bits per heavy atom. The van der Waals surface area contributed by atoms with Crippen LogP contribution in [0.3, 0.4) is 0 Å². The number of methoxy groups -OCH3 is 1. The third-order valence-electron chi connectivity index (χ3n) is 2.56. The number of ether oxygens (including phenoxy) is 2. The van der Waals surface area contributed by atoms with Gasteiger partial charge in [-0.2, -0.15) is 0 Å². The van der Waals surface area contributed by atoms with Crippen molar-refractivity contribution >= 4 is 17.4 Å². The van der Waals surface area contributed by atoms with Crippen LogP contribution in [0.4, 0.5) is 5.82 Å². The van der Waals surface area contributed by atoms with Crippen LogP contribution in [-0.4, -0.2) is 30.2 Å². The molecule has 1 heterocycles. The van der Waals surface area contributed by atoms with Gasteiger partial charge < -0.3 is 14.8 Å². The number of benzene rings is 1. The Labute approximate surface area is 122 Å². The number of nitrogens with one attached hydrogen (secondary N) is 1. The number of aromatic nitrogens is 2. The molecular weight excluding hydrogens is 278 g/mol. The predicted octanol–water partition coefficient (Wildman–Crippen LogP) is 2.77. The Morgan fingerprint density at radius 3 is 3.00 bits per heavy atom. The first-order valence-corrected chi connectivity index (χ1v) is 6.58. The molecule has 0 radical (unpaired) electrons. The topological polar surface area (TPSA) is 56.3 Å². The van der Waals surface area contributed by atoms with Crippen molar-refractivity contribution in [3.05, 3.63) is 47.4 Å². The number of nitrogens with zero attached hydrogens (tertiary/aromatic N) is 2. The van der Waals surface area contributed by atoms with Crippen LogP contribution in [0.2, 0.25) is 5.15 Å². The second-order valence-corrected chi connectivity index (χ2v) is 4.45. The normalized spacial score (nSPS) is 10.3. The molecule has 1 aromatic heterocycles. The van der Waals surface area contributed by atoms with E-state index in [-0.39, 0.29) is 0 Å². The third kappa shape index (κ3) is 4.68. The summed E-state index contributed by atoms with van der Waals surface area (Å²) >= 11 is 5.74. The zero-order valence-corrected chi connectivity index (χ0v) is 11.9. The van der Waals surface area contributed by atoms with Crippen molar-refractivity contribution in [1.82, 2.24) is 9.97 Å². The summed E-state index contributed by atoms with van der Waals surface area (Å²) in [5.41, 5.74) is 1.08. The van der Waals surface area contributed by atoms with Gasteiger partial charge in [-0.1, -0.05) is 23.7 Å². The molecule has 106 valence electrons. The maximum atomic E-state index is 5.74. The van der Waals surface area contributed by atoms with Crippen molar-refractivity contribution in [2.75, 3.05) is 25.6 Å². The Hall–Kier alpha value is -1.85. The van der Waals surface area contributed by atoms with Crippen molar-refractivity contribution in [2.24, 2.45) is 0 Å². The minimum Gasteiger partial charge on any atom is -0.497 e. The van der Waals surface area contributed by atoms with Gasteiger partial charge in [0.25, 0.3) is 0 Å². The molecule has 0 fully saturated rings. The summed E-state index contributed by atoms with van der Waals surface area (Å²) in [7, 11) is 1.65. The van der Waals surface area contributed by atoms with Gasteiger partial charge in [-0.15, -0.1) is 0 Å². The Balaban J connectivity index is 1.68. The second-order valence-electron chi connectivity index (χ2n) is 4.06. The van der Waals surface area contributed by atoms with Crippen LogP contribution in [0, 0.1) is 0 Å². The van der Waals surface area contributed by atoms with Gasteiger partial charge in [-0.3, -0.25) is 4.98 Å². The summed E-state index contributed by atoms with van der Waals surface area (Å²) in [6.07, 6.45) is 3.11. The van der Waals surface area contributed by atoms with E-state index in [0.29, 0.717) is 30.7 Å². The molecule has 5 nitrogen and oxygen atoms in total. The molecule has 0 aliphatic rings. The zero-order chi connectivity index (χ0) is 14.2. The van der Waals surface area contributed by atoms with Crippen LogP contribution in [-0.2, 0) is 11.3 Å². The van der Waals surface area contributed by atoms with Gasteiger partial charge in [0.1, 0.15) is 16.7 Å². The SMILES string of the molecule is COc1cccc(COCCNc2cncc(Cl)n2)c1. The summed E-state index contributed by atoms with van der Waals surface area (Å²) in [6, 6.07) is 7.80. The molecule has 1 aromatic carbocycles. The summed E-state index contributed by atoms with van der Waals surface area (Å²) in [5, 5.41) is 3.45. The fourth-order valence-electron chi connectivity index (χ4n) is 1.63. The molecule has 0 unspecified atom stereocenters. The molecule has 20 heavy (non-hydrogen) atoms. The molecule has 0 bridgehead atoms. The fourth-order valence-corrected chi connectivity index (χ4v) is 1.78. The molecule has 0 atom stereocenters. The highest BCUT2D eigenvalue weighted by Crippen LogP contribution is 2.13. The van der Waals surface area contributed by atoms with Crippen LogP contribution in [0.5, 0.6) is 5.75 Å². The van der Waals surface area contributed by atoms with Gasteiger partial charge in [0.05, 0.1) is 32.7 Å². The number of hydrogen-bond donors (Lipinski definition) is 1. The first-order valence-electron chi connectivity index (χ1n) is 6.20. The summed E-state index contributed by atoms with van der Waals surface area (Å²) in [4.78, 5) is 8.01. The monoisotopic (exact) mass is 293 g/mol. The van der Waals surface area contributed by atoms with Gasteiger partial charge in [0.15, 0.2) is 0 Å². The molecule has 0 spiro atoms. The first kappa shape index (κ1) is 14.6. The van der Waals surface area contributed by atoms with E-state index in [4.69, 9.17) is 21.1 Å². The van der Waals surface area contributed by atoms with E-state index in [1.165, 1.54) is 6.20 Å². The minimum atomic E-state index is 0.368. The van der Waals surface area contributed by atoms with E-state index in [2.05, 4.69) is 15.3 Å². The van der Waals surface area contributed by atoms with Crippen LogP contribution in [0.15, 0.2) is 36.7 Å². The first-order chi connectivity index (χ1) is 9.78. The zero-order valence-electron chi connectivity index (χ0n) is 11.2. The van der Waals surface area contributed by atoms with Gasteiger partial charge in [-0.05, 0) is 17.7 Å². The summed E-state index contributed by atoms with van der Waals surface area (Å²) in [6.45, 7) is 1.74. The van der Waals surface area contributed by atoms with E-state index >= 15 is 0 Å². The number of hydrogen-bond acceptors (Lipinski definition) is 5. The smallest absolute Gasteiger partial charge is 0.149 e. The largest absolute Gasteiger partial charge is 0.497 e. The van der Waals surface area contributed by atoms with Crippen molar-refractivity contribution in [3.63, 3.8) is 0 Å². The van der Waals surface area contributed by atoms with Crippen LogP contribution >= 0.6 is 11.6 Å². The molecule has 0 aliphatic heterocycles. The summed E-state index contributed by atoms with van der Waals surface area (Å²) < 4.78 is 10.7. The Morgan fingerprint density at radius 1 is 1.30 bits per heavy atom. The minimum absolute atomic E-state index is 0.368. The fraction of sp³-hybridized carbons (Fsp3) is 0.286. The third-order valence-corrected chi connectivity index (χ3v) is 2.74. The van der Waals surface area contributed by atoms with Gasteiger partial charge in [0.2, 0.25) is 0 Å². The molecule has 0 saturated carbocycles. The maximum absolute atomic E-state index is 5.74. The van der Waals surface area contributed by atoms with E-state index in [1.54, 1.807) is 13.3 Å². The standard InChI is InChI=1S/C14H16ClN3O2/c1-19-12-4-2-3-11(7-12)10-20-6-5-17-14-9-16-8-13(15)18-14/h2-4,7-9H,5-6,10H2,1H3,(H,17,18). The van der Waals surface area contributed by atoms with Gasteiger partial charge in [0, 0.05) is 6.54 Å². The predicted molar refractivity (Wildman–Crippen MR) is 78.2 cm³/mol. The van der Waals surface area contributed by atoms with Crippen molar-refractivity contribution in [1.29, 1.82) is 0 Å². The molecule has 0 aliphatic carbocycles. The van der Waals surface area contributed by atoms with Crippen molar-refractivity contribution in [2.45, 2.75) is 6.61 Å². The highest BCUT2D eigenvalue weighted by atomic mass is 35.5. The van der Waals surface area contributed by atoms with Gasteiger partial charge in [-0.25, -0.2) is 4.98 Å². The quantitative estimate of drug-likeness (QED) is 0.796. The molecule has 1 N–H and O–H groups in total. The van der Waals surface area contributed by atoms with E-state index in [1.807, 2.05) is 24.3 Å². The molecule has 6 heteroatoms. The molecular formula is C14H16ClN3O2. The highest BCUT2D eigenvalue weighted by molar-refractivity contribution is 6.29. The molecule has 0 amide bonds. The van der Waals surface area contributed by atoms with Crippen molar-refractivity contribution < 1.29 is 9.47 Å². The second kappa shape index (κ2) is 7.67. The lowest BCUT2D eigenvalue weighted by Crippen LogP contribution is -2.10. The molecule has 0 saturated heterocycles. The lowest BCUT2D eigenvalue weighted by molar-refractivity contribution is 0.130. The number of halogens is 1. The highest BCUT2D eigenvalue weighted by Gasteiger charge is 1.98.